The molecule has 0 saturated heterocycles. The maximum atomic E-state index is 4.89. The average molecular weight is 865 g/mol. The quantitative estimate of drug-likeness (QED) is 0.104. The molecule has 4 heterocycles. The molecule has 4 aliphatic rings. The summed E-state index contributed by atoms with van der Waals surface area (Å²) >= 11 is 0. The van der Waals surface area contributed by atoms with Crippen molar-refractivity contribution in [3.05, 3.63) is 143 Å². The van der Waals surface area contributed by atoms with E-state index in [9.17, 15) is 0 Å². The molecule has 0 saturated carbocycles. The van der Waals surface area contributed by atoms with Crippen LogP contribution < -0.4 is 10.6 Å². The van der Waals surface area contributed by atoms with E-state index in [0.717, 1.165) is 104 Å². The molecule has 2 unspecified atom stereocenters. The molecule has 344 valence electrons. The smallest absolute Gasteiger partial charge is 0.102 e. The van der Waals surface area contributed by atoms with E-state index in [2.05, 4.69) is 167 Å². The minimum Gasteiger partial charge on any atom is -0.372 e. The lowest BCUT2D eigenvalue weighted by Gasteiger charge is -2.25. The number of hydrogen-bond donors (Lipinski definition) is 2. The molecule has 8 rings (SSSR count). The molecular formula is C56H80N8. The highest BCUT2D eigenvalue weighted by atomic mass is 15.2. The zero-order chi connectivity index (χ0) is 45.5. The maximum Gasteiger partial charge on any atom is 0.102 e. The highest BCUT2D eigenvalue weighted by Gasteiger charge is 2.25. The van der Waals surface area contributed by atoms with Gasteiger partial charge in [-0.1, -0.05) is 165 Å². The first-order valence-electron chi connectivity index (χ1n) is 24.8. The molecule has 64 heavy (non-hydrogen) atoms. The molecule has 0 fully saturated rings. The fourth-order valence-electron chi connectivity index (χ4n) is 9.21. The minimum absolute atomic E-state index is 0.432. The van der Waals surface area contributed by atoms with Gasteiger partial charge >= 0.3 is 0 Å². The molecule has 2 N–H and O–H groups in total. The first-order valence-corrected chi connectivity index (χ1v) is 24.8. The van der Waals surface area contributed by atoms with Crippen molar-refractivity contribution in [1.82, 2.24) is 20.4 Å². The summed E-state index contributed by atoms with van der Waals surface area (Å²) < 4.78 is 0. The third kappa shape index (κ3) is 15.2. The summed E-state index contributed by atoms with van der Waals surface area (Å²) in [5.74, 6) is 6.70. The van der Waals surface area contributed by atoms with Gasteiger partial charge in [-0.05, 0) is 71.9 Å². The fourth-order valence-corrected chi connectivity index (χ4v) is 9.21. The first-order chi connectivity index (χ1) is 31.4. The SMILES string of the molecule is CC.CC.CC(Cc1ccc(C[C@H](C)C2=NCCN2)cc1)C1=NCCN1CCc1ccccc1.CC(Cc1ccccc1C[C@H](C)C1=NCCN1)C1=NCCN1CCc1ccccc1. The van der Waals surface area contributed by atoms with E-state index in [1.807, 2.05) is 27.7 Å². The van der Waals surface area contributed by atoms with Crippen molar-refractivity contribution in [2.45, 2.75) is 93.9 Å². The Hall–Kier alpha value is -5.24. The van der Waals surface area contributed by atoms with Crippen LogP contribution in [0.3, 0.4) is 0 Å². The van der Waals surface area contributed by atoms with Gasteiger partial charge in [-0.25, -0.2) is 0 Å². The largest absolute Gasteiger partial charge is 0.372 e. The summed E-state index contributed by atoms with van der Waals surface area (Å²) in [5, 5.41) is 6.84. The Labute approximate surface area is 387 Å². The Bertz CT molecular complexity index is 2060. The van der Waals surface area contributed by atoms with Crippen molar-refractivity contribution in [3.8, 4) is 0 Å². The van der Waals surface area contributed by atoms with Gasteiger partial charge in [-0.3, -0.25) is 20.0 Å². The molecule has 0 spiro atoms. The number of benzene rings is 4. The third-order valence-corrected chi connectivity index (χ3v) is 12.5. The number of hydrogen-bond acceptors (Lipinski definition) is 8. The summed E-state index contributed by atoms with van der Waals surface area (Å²) in [6, 6.07) is 39.6. The van der Waals surface area contributed by atoms with Crippen LogP contribution in [0.4, 0.5) is 0 Å². The summed E-state index contributed by atoms with van der Waals surface area (Å²) in [4.78, 5) is 23.9. The highest BCUT2D eigenvalue weighted by molar-refractivity contribution is 5.87. The van der Waals surface area contributed by atoms with E-state index in [4.69, 9.17) is 9.98 Å². The van der Waals surface area contributed by atoms with E-state index < -0.39 is 0 Å². The van der Waals surface area contributed by atoms with Crippen LogP contribution in [0.5, 0.6) is 0 Å². The van der Waals surface area contributed by atoms with Gasteiger partial charge in [0.15, 0.2) is 0 Å². The molecule has 4 atom stereocenters. The van der Waals surface area contributed by atoms with E-state index in [1.54, 1.807) is 0 Å². The number of rotatable bonds is 18. The first kappa shape index (κ1) is 49.8. The maximum absolute atomic E-state index is 4.89. The highest BCUT2D eigenvalue weighted by Crippen LogP contribution is 2.23. The number of nitrogens with zero attached hydrogens (tertiary/aromatic N) is 6. The molecule has 0 amide bonds. The van der Waals surface area contributed by atoms with E-state index >= 15 is 0 Å². The molecule has 0 radical (unpaired) electrons. The monoisotopic (exact) mass is 865 g/mol. The van der Waals surface area contributed by atoms with Crippen molar-refractivity contribution in [1.29, 1.82) is 0 Å². The molecule has 0 aliphatic carbocycles. The Balaban J connectivity index is 0.000000224. The summed E-state index contributed by atoms with van der Waals surface area (Å²) in [5.41, 5.74) is 8.49. The average Bonchev–Trinajstić information content (AvgIpc) is 4.20. The van der Waals surface area contributed by atoms with Gasteiger partial charge in [-0.15, -0.1) is 0 Å². The van der Waals surface area contributed by atoms with Crippen LogP contribution in [-0.4, -0.2) is 98.6 Å². The second-order valence-electron chi connectivity index (χ2n) is 17.3. The topological polar surface area (TPSA) is 80.0 Å². The van der Waals surface area contributed by atoms with Crippen molar-refractivity contribution in [2.75, 3.05) is 65.4 Å². The molecule has 0 aromatic heterocycles. The van der Waals surface area contributed by atoms with Crippen LogP contribution in [0.2, 0.25) is 0 Å². The van der Waals surface area contributed by atoms with Gasteiger partial charge in [0.2, 0.25) is 0 Å². The normalized spacial score (nSPS) is 17.1. The van der Waals surface area contributed by atoms with Gasteiger partial charge in [-0.2, -0.15) is 0 Å². The Morgan fingerprint density at radius 1 is 0.422 bits per heavy atom. The van der Waals surface area contributed by atoms with E-state index in [-0.39, 0.29) is 0 Å². The standard InChI is InChI=1S/2C26H34N4.2C2H6/c1-20(25-27-13-14-28-25)18-23-10-6-7-11-24(23)19-21(2)26-29-15-17-30(26)16-12-22-8-4-3-5-9-22;1-20(25-27-13-14-28-25)18-23-8-10-24(11-9-23)19-21(2)26-29-15-17-30(26)16-12-22-6-4-3-5-7-22;2*1-2/h2*3-11,20-21H,12-19H2,1-2H3,(H,27,28);2*1-2H3/t2*20-,21?;;/m00../s1. The number of aliphatic imine (C=N–C) groups is 4. The summed E-state index contributed by atoms with van der Waals surface area (Å²) in [6.45, 7) is 27.1. The predicted molar refractivity (Wildman–Crippen MR) is 276 cm³/mol. The predicted octanol–water partition coefficient (Wildman–Crippen LogP) is 10.1. The molecule has 0 bridgehead atoms. The van der Waals surface area contributed by atoms with E-state index in [0.29, 0.717) is 23.7 Å². The zero-order valence-corrected chi connectivity index (χ0v) is 40.7. The summed E-state index contributed by atoms with van der Waals surface area (Å²) in [6.07, 6.45) is 6.34. The van der Waals surface area contributed by atoms with Crippen LogP contribution >= 0.6 is 0 Å². The number of amidine groups is 4. The second-order valence-corrected chi connectivity index (χ2v) is 17.3. The zero-order valence-electron chi connectivity index (χ0n) is 40.7. The van der Waals surface area contributed by atoms with Crippen molar-refractivity contribution < 1.29 is 0 Å². The Morgan fingerprint density at radius 2 is 0.797 bits per heavy atom. The van der Waals surface area contributed by atoms with Gasteiger partial charge in [0.25, 0.3) is 0 Å². The van der Waals surface area contributed by atoms with Gasteiger partial charge < -0.3 is 20.4 Å². The fraction of sp³-hybridized carbons (Fsp3) is 0.500. The lowest BCUT2D eigenvalue weighted by Crippen LogP contribution is -2.34. The van der Waals surface area contributed by atoms with Crippen molar-refractivity contribution >= 4 is 23.3 Å². The summed E-state index contributed by atoms with van der Waals surface area (Å²) in [7, 11) is 0. The second kappa shape index (κ2) is 27.2. The molecule has 4 aromatic rings. The van der Waals surface area contributed by atoms with Gasteiger partial charge in [0, 0.05) is 62.9 Å². The van der Waals surface area contributed by atoms with Gasteiger partial charge in [0.1, 0.15) is 11.7 Å². The van der Waals surface area contributed by atoms with Crippen LogP contribution in [0.25, 0.3) is 0 Å². The van der Waals surface area contributed by atoms with Crippen LogP contribution in [-0.2, 0) is 38.5 Å². The van der Waals surface area contributed by atoms with Crippen LogP contribution in [0, 0.1) is 23.7 Å². The Morgan fingerprint density at radius 3 is 1.22 bits per heavy atom. The molecule has 8 heteroatoms. The molecule has 4 aliphatic heterocycles. The van der Waals surface area contributed by atoms with Gasteiger partial charge in [0.05, 0.1) is 37.9 Å². The van der Waals surface area contributed by atoms with Crippen LogP contribution in [0.1, 0.15) is 88.8 Å². The van der Waals surface area contributed by atoms with Crippen LogP contribution in [0.15, 0.2) is 129 Å². The Kier molecular flexibility index (Phi) is 21.1. The third-order valence-electron chi connectivity index (χ3n) is 12.5. The van der Waals surface area contributed by atoms with Crippen molar-refractivity contribution in [2.24, 2.45) is 43.6 Å². The molecule has 4 aromatic carbocycles. The minimum atomic E-state index is 0.432. The molecular weight excluding hydrogens is 785 g/mol. The lowest BCUT2D eigenvalue weighted by molar-refractivity contribution is 0.437. The lowest BCUT2D eigenvalue weighted by atomic mass is 9.90. The molecule has 8 nitrogen and oxygen atoms in total. The van der Waals surface area contributed by atoms with E-state index in [1.165, 1.54) is 56.7 Å². The van der Waals surface area contributed by atoms with Crippen molar-refractivity contribution in [3.63, 3.8) is 0 Å². The number of nitrogens with one attached hydrogen (secondary N) is 2.